The van der Waals surface area contributed by atoms with E-state index in [0.29, 0.717) is 30.7 Å². The molecule has 1 aromatic rings. The Kier molecular flexibility index (Phi) is 12.1. The summed E-state index contributed by atoms with van der Waals surface area (Å²) in [6.45, 7) is 15.2. The number of benzene rings is 1. The van der Waals surface area contributed by atoms with E-state index in [0.717, 1.165) is 11.1 Å². The molecule has 1 fully saturated rings. The van der Waals surface area contributed by atoms with Crippen LogP contribution in [0.4, 0.5) is 10.5 Å². The molecule has 3 aliphatic heterocycles. The standard InChI is InChI=1S/C37H56N2O9/c1-12-28-36(7)19-21(2)30(48-36)22(3)20-37(8,43-11)32(24(5)29(40)25(6)33(41)45-28)47-34-31(27(39(9)10)18-23(4)44-34)46-35(42)38-26-16-14-13-15-17-26/h13-17,19,23-25,27-29,31-32,34,40H,12,18,20H2,1-11H3,(H,38,42)/b30-22+/t23?,24-,25+,27?,28+,29-,31?,32+,34?,36-,37+/m0/s1. The second-order valence-corrected chi connectivity index (χ2v) is 14.4. The Morgan fingerprint density at radius 1 is 1.12 bits per heavy atom. The summed E-state index contributed by atoms with van der Waals surface area (Å²) in [7, 11) is 5.45. The van der Waals surface area contributed by atoms with Crippen molar-refractivity contribution in [1.29, 1.82) is 0 Å². The molecule has 3 heterocycles. The highest BCUT2D eigenvalue weighted by atomic mass is 16.7. The lowest BCUT2D eigenvalue weighted by Crippen LogP contribution is -2.60. The van der Waals surface area contributed by atoms with Crippen LogP contribution in [0.1, 0.15) is 74.7 Å². The summed E-state index contributed by atoms with van der Waals surface area (Å²) in [6, 6.07) is 8.82. The minimum absolute atomic E-state index is 0.232. The predicted molar refractivity (Wildman–Crippen MR) is 182 cm³/mol. The van der Waals surface area contributed by atoms with Crippen molar-refractivity contribution in [3.8, 4) is 0 Å². The highest BCUT2D eigenvalue weighted by Gasteiger charge is 2.51. The van der Waals surface area contributed by atoms with Gasteiger partial charge in [-0.15, -0.1) is 0 Å². The van der Waals surface area contributed by atoms with Crippen LogP contribution in [0.25, 0.3) is 0 Å². The van der Waals surface area contributed by atoms with Gasteiger partial charge in [-0.1, -0.05) is 32.0 Å². The van der Waals surface area contributed by atoms with Crippen LogP contribution in [0, 0.1) is 11.8 Å². The van der Waals surface area contributed by atoms with E-state index >= 15 is 0 Å². The first-order valence-electron chi connectivity index (χ1n) is 17.1. The van der Waals surface area contributed by atoms with E-state index in [1.807, 2.05) is 91.7 Å². The predicted octanol–water partition coefficient (Wildman–Crippen LogP) is 5.83. The first-order valence-corrected chi connectivity index (χ1v) is 17.1. The number of para-hydroxylation sites is 1. The van der Waals surface area contributed by atoms with Gasteiger partial charge in [0.05, 0.1) is 35.9 Å². The molecule has 2 N–H and O–H groups in total. The molecule has 1 saturated heterocycles. The van der Waals surface area contributed by atoms with Crippen LogP contribution < -0.4 is 5.32 Å². The highest BCUT2D eigenvalue weighted by molar-refractivity contribution is 5.84. The summed E-state index contributed by atoms with van der Waals surface area (Å²) >= 11 is 0. The summed E-state index contributed by atoms with van der Waals surface area (Å²) in [5, 5.41) is 14.6. The fourth-order valence-electron chi connectivity index (χ4n) is 7.46. The van der Waals surface area contributed by atoms with Gasteiger partial charge in [0.1, 0.15) is 11.9 Å². The summed E-state index contributed by atoms with van der Waals surface area (Å²) in [5.74, 6) is -1.37. The fraction of sp³-hybridized carbons (Fsp3) is 0.676. The Bertz CT molecular complexity index is 1350. The second-order valence-electron chi connectivity index (χ2n) is 14.4. The van der Waals surface area contributed by atoms with Crippen LogP contribution in [-0.4, -0.2) is 97.3 Å². The van der Waals surface area contributed by atoms with Crippen molar-refractivity contribution < 1.29 is 43.1 Å². The van der Waals surface area contributed by atoms with Crippen LogP contribution >= 0.6 is 0 Å². The van der Waals surface area contributed by atoms with Crippen molar-refractivity contribution in [1.82, 2.24) is 4.90 Å². The van der Waals surface area contributed by atoms with Crippen molar-refractivity contribution >= 4 is 17.7 Å². The average Bonchev–Trinajstić information content (AvgIpc) is 3.36. The number of aliphatic hydroxyl groups is 1. The third-order valence-electron chi connectivity index (χ3n) is 10.2. The van der Waals surface area contributed by atoms with Crippen molar-refractivity contribution in [2.24, 2.45) is 11.8 Å². The van der Waals surface area contributed by atoms with Gasteiger partial charge in [0.15, 0.2) is 18.0 Å². The number of rotatable bonds is 7. The Labute approximate surface area is 285 Å². The van der Waals surface area contributed by atoms with Gasteiger partial charge in [-0.3, -0.25) is 10.1 Å². The Balaban J connectivity index is 1.76. The third kappa shape index (κ3) is 8.08. The van der Waals surface area contributed by atoms with E-state index < -0.39 is 65.8 Å². The highest BCUT2D eigenvalue weighted by Crippen LogP contribution is 2.43. The molecule has 11 heteroatoms. The van der Waals surface area contributed by atoms with E-state index in [1.165, 1.54) is 0 Å². The number of allylic oxidation sites excluding steroid dienone is 1. The summed E-state index contributed by atoms with van der Waals surface area (Å²) < 4.78 is 38.3. The number of cyclic esters (lactones) is 1. The van der Waals surface area contributed by atoms with Crippen LogP contribution in [0.2, 0.25) is 0 Å². The van der Waals surface area contributed by atoms with Gasteiger partial charge in [-0.2, -0.15) is 0 Å². The summed E-state index contributed by atoms with van der Waals surface area (Å²) in [6.07, 6.45) is -1.82. The van der Waals surface area contributed by atoms with Gasteiger partial charge in [0.2, 0.25) is 0 Å². The van der Waals surface area contributed by atoms with Gasteiger partial charge >= 0.3 is 12.1 Å². The summed E-state index contributed by atoms with van der Waals surface area (Å²) in [5.41, 5.74) is 0.535. The molecule has 0 saturated carbocycles. The van der Waals surface area contributed by atoms with E-state index in [9.17, 15) is 14.7 Å². The van der Waals surface area contributed by atoms with E-state index in [2.05, 4.69) is 5.32 Å². The van der Waals surface area contributed by atoms with E-state index in [4.69, 9.17) is 28.4 Å². The fourth-order valence-corrected chi connectivity index (χ4v) is 7.46. The SMILES string of the molecule is CC[C@H]1OC(=O)[C@H](C)[C@@H](O)[C@H](C)[C@@H](OC2OC(C)CC(N(C)C)C2OC(=O)Nc2ccccc2)[C@](C)(OC)C/C(C)=C2/O[C@@]1(C)C=C2C. The molecular weight excluding hydrogens is 616 g/mol. The number of hydrogen-bond acceptors (Lipinski definition) is 10. The van der Waals surface area contributed by atoms with Crippen molar-refractivity contribution in [3.05, 3.63) is 53.3 Å². The largest absolute Gasteiger partial charge is 0.479 e. The van der Waals surface area contributed by atoms with Crippen molar-refractivity contribution in [2.45, 2.75) is 129 Å². The lowest BCUT2D eigenvalue weighted by molar-refractivity contribution is -0.298. The molecule has 4 unspecified atom stereocenters. The minimum Gasteiger partial charge on any atom is -0.479 e. The smallest absolute Gasteiger partial charge is 0.412 e. The number of ether oxygens (including phenoxy) is 6. The Morgan fingerprint density at radius 3 is 2.40 bits per heavy atom. The van der Waals surface area contributed by atoms with Crippen LogP contribution in [0.5, 0.6) is 0 Å². The number of nitrogens with one attached hydrogen (secondary N) is 1. The second kappa shape index (κ2) is 15.3. The molecule has 1 amide bonds. The lowest BCUT2D eigenvalue weighted by atomic mass is 9.78. The molecule has 0 aromatic heterocycles. The molecule has 4 rings (SSSR count). The molecule has 11 atom stereocenters. The number of hydrogen-bond donors (Lipinski definition) is 2. The van der Waals surface area contributed by atoms with Gasteiger partial charge < -0.3 is 38.4 Å². The van der Waals surface area contributed by atoms with Gasteiger partial charge in [-0.05, 0) is 97.8 Å². The zero-order valence-electron chi connectivity index (χ0n) is 30.4. The number of esters is 1. The molecule has 0 radical (unpaired) electrons. The number of nitrogens with zero attached hydrogens (tertiary/aromatic N) is 1. The normalized spacial score (nSPS) is 39.3. The number of carbonyl (C=O) groups is 2. The number of anilines is 1. The zero-order valence-corrected chi connectivity index (χ0v) is 30.4. The molecule has 3 aliphatic rings. The van der Waals surface area contributed by atoms with Crippen molar-refractivity contribution in [2.75, 3.05) is 26.5 Å². The van der Waals surface area contributed by atoms with Gasteiger partial charge in [0.25, 0.3) is 0 Å². The first kappa shape index (κ1) is 37.9. The Morgan fingerprint density at radius 2 is 1.79 bits per heavy atom. The number of fused-ring (bicyclic) bond motifs is 2. The van der Waals surface area contributed by atoms with Gasteiger partial charge in [0, 0.05) is 25.1 Å². The summed E-state index contributed by atoms with van der Waals surface area (Å²) in [4.78, 5) is 28.8. The van der Waals surface area contributed by atoms with E-state index in [-0.39, 0.29) is 12.1 Å². The van der Waals surface area contributed by atoms with Crippen LogP contribution in [-0.2, 0) is 33.2 Å². The maximum Gasteiger partial charge on any atom is 0.412 e. The number of aliphatic hydroxyl groups excluding tert-OH is 1. The quantitative estimate of drug-likeness (QED) is 0.342. The molecule has 268 valence electrons. The number of methoxy groups -OCH3 is 1. The topological polar surface area (TPSA) is 125 Å². The van der Waals surface area contributed by atoms with Crippen LogP contribution in [0.15, 0.2) is 53.3 Å². The molecule has 11 nitrogen and oxygen atoms in total. The van der Waals surface area contributed by atoms with Crippen molar-refractivity contribution in [3.63, 3.8) is 0 Å². The number of amides is 1. The van der Waals surface area contributed by atoms with E-state index in [1.54, 1.807) is 26.2 Å². The molecule has 2 bridgehead atoms. The monoisotopic (exact) mass is 672 g/mol. The molecule has 0 spiro atoms. The third-order valence-corrected chi connectivity index (χ3v) is 10.2. The zero-order chi connectivity index (χ0) is 35.6. The van der Waals surface area contributed by atoms with Gasteiger partial charge in [-0.25, -0.2) is 4.79 Å². The average molecular weight is 673 g/mol. The number of carbonyl (C=O) groups excluding carboxylic acids is 2. The molecular formula is C37H56N2O9. The Hall–Kier alpha value is -2.96. The minimum atomic E-state index is -1.17. The maximum absolute atomic E-state index is 13.6. The molecule has 1 aromatic carbocycles. The molecule has 48 heavy (non-hydrogen) atoms. The lowest BCUT2D eigenvalue weighted by Gasteiger charge is -2.48. The number of likely N-dealkylation sites (N-methyl/N-ethyl adjacent to an activating group) is 1. The van der Waals surface area contributed by atoms with Crippen LogP contribution in [0.3, 0.4) is 0 Å². The maximum atomic E-state index is 13.6. The first-order chi connectivity index (χ1) is 22.5. The molecule has 0 aliphatic carbocycles.